The van der Waals surface area contributed by atoms with Gasteiger partial charge in [0.05, 0.1) is 16.0 Å². The smallest absolute Gasteiger partial charge is 0.236 e. The average Bonchev–Trinajstić information content (AvgIpc) is 3.18. The van der Waals surface area contributed by atoms with E-state index < -0.39 is 5.50 Å². The summed E-state index contributed by atoms with van der Waals surface area (Å²) in [4.78, 5) is 41.2. The van der Waals surface area contributed by atoms with Crippen molar-refractivity contribution in [1.82, 2.24) is 20.9 Å². The van der Waals surface area contributed by atoms with Crippen LogP contribution in [-0.2, 0) is 20.9 Å². The molecule has 0 radical (unpaired) electrons. The van der Waals surface area contributed by atoms with Gasteiger partial charge in [-0.15, -0.1) is 11.8 Å². The Balaban J connectivity index is 1.23. The monoisotopic (exact) mass is 483 g/mol. The van der Waals surface area contributed by atoms with Crippen molar-refractivity contribution in [2.45, 2.75) is 37.8 Å². The van der Waals surface area contributed by atoms with Gasteiger partial charge in [-0.25, -0.2) is 4.98 Å². The van der Waals surface area contributed by atoms with Gasteiger partial charge in [-0.05, 0) is 30.2 Å². The molecule has 2 atom stereocenters. The van der Waals surface area contributed by atoms with Crippen LogP contribution >= 0.6 is 23.1 Å². The van der Waals surface area contributed by atoms with Crippen molar-refractivity contribution in [3.8, 4) is 0 Å². The summed E-state index contributed by atoms with van der Waals surface area (Å²) in [5, 5.41) is 12.3. The number of anilines is 1. The van der Waals surface area contributed by atoms with Crippen molar-refractivity contribution in [2.75, 3.05) is 11.1 Å². The molecule has 1 saturated heterocycles. The SMILES string of the molecule is Cc1ccc2nc(NC(=O)CSC3NC(=O)CC(CC(=O)NCc4ccccc4)N3)sc2c1. The maximum absolute atomic E-state index is 12.4. The Morgan fingerprint density at radius 1 is 1.18 bits per heavy atom. The summed E-state index contributed by atoms with van der Waals surface area (Å²) < 4.78 is 1.02. The zero-order valence-corrected chi connectivity index (χ0v) is 19.7. The molecular weight excluding hydrogens is 458 g/mol. The van der Waals surface area contributed by atoms with Crippen molar-refractivity contribution in [3.05, 3.63) is 59.7 Å². The number of carbonyl (C=O) groups excluding carboxylic acids is 3. The molecule has 8 nitrogen and oxygen atoms in total. The number of nitrogens with one attached hydrogen (secondary N) is 4. The predicted octanol–water partition coefficient (Wildman–Crippen LogP) is 2.74. The lowest BCUT2D eigenvalue weighted by molar-refractivity contribution is -0.125. The Bertz CT molecular complexity index is 1150. The first-order valence-corrected chi connectivity index (χ1v) is 12.5. The zero-order chi connectivity index (χ0) is 23.2. The molecule has 1 aliphatic rings. The molecular formula is C23H25N5O3S2. The second-order valence-corrected chi connectivity index (χ2v) is 9.96. The Morgan fingerprint density at radius 3 is 2.82 bits per heavy atom. The van der Waals surface area contributed by atoms with Gasteiger partial charge >= 0.3 is 0 Å². The van der Waals surface area contributed by atoms with Gasteiger partial charge in [0.1, 0.15) is 5.50 Å². The summed E-state index contributed by atoms with van der Waals surface area (Å²) in [5.41, 5.74) is 2.56. The number of carbonyl (C=O) groups is 3. The largest absolute Gasteiger partial charge is 0.352 e. The molecule has 10 heteroatoms. The van der Waals surface area contributed by atoms with Crippen LogP contribution < -0.4 is 21.3 Å². The number of aryl methyl sites for hydroxylation is 1. The second-order valence-electron chi connectivity index (χ2n) is 7.83. The molecule has 3 amide bonds. The van der Waals surface area contributed by atoms with E-state index in [1.165, 1.54) is 23.1 Å². The first kappa shape index (κ1) is 23.2. The number of amides is 3. The highest BCUT2D eigenvalue weighted by Gasteiger charge is 2.28. The van der Waals surface area contributed by atoms with Gasteiger partial charge in [0.2, 0.25) is 17.7 Å². The molecule has 33 heavy (non-hydrogen) atoms. The summed E-state index contributed by atoms with van der Waals surface area (Å²) in [6.45, 7) is 2.46. The lowest BCUT2D eigenvalue weighted by Gasteiger charge is -2.30. The fraction of sp³-hybridized carbons (Fsp3) is 0.304. The van der Waals surface area contributed by atoms with Crippen molar-refractivity contribution in [3.63, 3.8) is 0 Å². The number of hydrogen-bond donors (Lipinski definition) is 4. The molecule has 0 bridgehead atoms. The summed E-state index contributed by atoms with van der Waals surface area (Å²) in [6.07, 6.45) is 0.405. The van der Waals surface area contributed by atoms with Gasteiger partial charge in [0.25, 0.3) is 0 Å². The third-order valence-corrected chi connectivity index (χ3v) is 7.00. The molecule has 1 fully saturated rings. The van der Waals surface area contributed by atoms with Gasteiger partial charge in [-0.2, -0.15) is 0 Å². The van der Waals surface area contributed by atoms with Crippen molar-refractivity contribution in [1.29, 1.82) is 0 Å². The van der Waals surface area contributed by atoms with Gasteiger partial charge in [0, 0.05) is 25.4 Å². The normalized spacial score (nSPS) is 18.0. The molecule has 172 valence electrons. The van der Waals surface area contributed by atoms with Crippen LogP contribution in [0.15, 0.2) is 48.5 Å². The van der Waals surface area contributed by atoms with E-state index in [0.717, 1.165) is 21.3 Å². The number of rotatable bonds is 8. The van der Waals surface area contributed by atoms with Crippen molar-refractivity contribution >= 4 is 56.2 Å². The second kappa shape index (κ2) is 10.8. The molecule has 0 aliphatic carbocycles. The lowest BCUT2D eigenvalue weighted by Crippen LogP contribution is -2.56. The minimum atomic E-state index is -0.443. The molecule has 0 saturated carbocycles. The summed E-state index contributed by atoms with van der Waals surface area (Å²) >= 11 is 2.70. The van der Waals surface area contributed by atoms with E-state index in [1.807, 2.05) is 55.5 Å². The molecule has 1 aliphatic heterocycles. The molecule has 4 N–H and O–H groups in total. The molecule has 0 spiro atoms. The van der Waals surface area contributed by atoms with E-state index in [2.05, 4.69) is 26.3 Å². The Kier molecular flexibility index (Phi) is 7.58. The Morgan fingerprint density at radius 2 is 2.00 bits per heavy atom. The molecule has 4 rings (SSSR count). The number of benzene rings is 2. The third-order valence-electron chi connectivity index (χ3n) is 5.05. The van der Waals surface area contributed by atoms with E-state index in [9.17, 15) is 14.4 Å². The first-order chi connectivity index (χ1) is 15.9. The maximum atomic E-state index is 12.4. The standard InChI is InChI=1S/C23H25N5O3S2/c1-14-7-8-17-18(9-14)33-23(26-17)28-21(31)13-32-22-25-16(11-20(30)27-22)10-19(29)24-12-15-5-3-2-4-6-15/h2-9,16,22,25H,10-13H2,1H3,(H,24,29)(H,27,30)(H,26,28,31). The maximum Gasteiger partial charge on any atom is 0.236 e. The molecule has 2 heterocycles. The summed E-state index contributed by atoms with van der Waals surface area (Å²) in [5.74, 6) is -0.331. The van der Waals surface area contributed by atoms with Gasteiger partial charge in [-0.1, -0.05) is 47.7 Å². The predicted molar refractivity (Wildman–Crippen MR) is 132 cm³/mol. The van der Waals surface area contributed by atoms with Crippen molar-refractivity contribution < 1.29 is 14.4 Å². The number of thioether (sulfide) groups is 1. The van der Waals surface area contributed by atoms with E-state index >= 15 is 0 Å². The number of nitrogens with zero attached hydrogens (tertiary/aromatic N) is 1. The zero-order valence-electron chi connectivity index (χ0n) is 18.1. The van der Waals surface area contributed by atoms with Crippen LogP contribution in [0.3, 0.4) is 0 Å². The average molecular weight is 484 g/mol. The van der Waals surface area contributed by atoms with Crippen LogP contribution in [0.2, 0.25) is 0 Å². The van der Waals surface area contributed by atoms with Crippen LogP contribution in [0.25, 0.3) is 10.2 Å². The quantitative estimate of drug-likeness (QED) is 0.392. The highest BCUT2D eigenvalue weighted by molar-refractivity contribution is 8.00. The first-order valence-electron chi connectivity index (χ1n) is 10.6. The summed E-state index contributed by atoms with van der Waals surface area (Å²) in [6, 6.07) is 15.3. The number of hydrogen-bond acceptors (Lipinski definition) is 7. The molecule has 3 aromatic rings. The van der Waals surface area contributed by atoms with Crippen LogP contribution in [0.5, 0.6) is 0 Å². The van der Waals surface area contributed by atoms with Gasteiger partial charge in [0.15, 0.2) is 5.13 Å². The van der Waals surface area contributed by atoms with Gasteiger partial charge in [-0.3, -0.25) is 19.7 Å². The number of thiazole rings is 1. The fourth-order valence-electron chi connectivity index (χ4n) is 3.46. The highest BCUT2D eigenvalue weighted by atomic mass is 32.2. The van der Waals surface area contributed by atoms with Crippen LogP contribution in [-0.4, -0.2) is 40.0 Å². The minimum absolute atomic E-state index is 0.126. The topological polar surface area (TPSA) is 112 Å². The van der Waals surface area contributed by atoms with Crippen molar-refractivity contribution in [2.24, 2.45) is 0 Å². The van der Waals surface area contributed by atoms with E-state index in [4.69, 9.17) is 0 Å². The molecule has 2 unspecified atom stereocenters. The molecule has 1 aromatic heterocycles. The van der Waals surface area contributed by atoms with Crippen LogP contribution in [0.4, 0.5) is 5.13 Å². The van der Waals surface area contributed by atoms with Gasteiger partial charge < -0.3 is 16.0 Å². The van der Waals surface area contributed by atoms with Crippen LogP contribution in [0, 0.1) is 6.92 Å². The molecule has 2 aromatic carbocycles. The van der Waals surface area contributed by atoms with E-state index in [0.29, 0.717) is 11.7 Å². The van der Waals surface area contributed by atoms with Crippen LogP contribution in [0.1, 0.15) is 24.0 Å². The fourth-order valence-corrected chi connectivity index (χ4v) is 5.33. The lowest BCUT2D eigenvalue weighted by atomic mass is 10.1. The number of aromatic nitrogens is 1. The van der Waals surface area contributed by atoms with E-state index in [1.54, 1.807) is 0 Å². The Hall–Kier alpha value is -2.95. The minimum Gasteiger partial charge on any atom is -0.352 e. The highest BCUT2D eigenvalue weighted by Crippen LogP contribution is 2.27. The third kappa shape index (κ3) is 6.77. The Labute approximate surface area is 199 Å². The number of fused-ring (bicyclic) bond motifs is 1. The van der Waals surface area contributed by atoms with E-state index in [-0.39, 0.29) is 42.4 Å². The summed E-state index contributed by atoms with van der Waals surface area (Å²) in [7, 11) is 0.